The molecule has 7 heteroatoms. The molecule has 2 fully saturated rings. The lowest BCUT2D eigenvalue weighted by atomic mass is 10.1. The molecule has 4 nitrogen and oxygen atoms in total. The average Bonchev–Trinajstić information content (AvgIpc) is 3.40. The molecule has 2 saturated heterocycles. The molecule has 0 amide bonds. The summed E-state index contributed by atoms with van der Waals surface area (Å²) >= 11 is 7.98. The van der Waals surface area contributed by atoms with E-state index in [0.717, 1.165) is 40.2 Å². The van der Waals surface area contributed by atoms with Crippen LogP contribution in [0.25, 0.3) is 10.2 Å². The molecule has 3 aromatic rings. The van der Waals surface area contributed by atoms with Gasteiger partial charge in [0, 0.05) is 29.8 Å². The minimum absolute atomic E-state index is 0.718. The van der Waals surface area contributed by atoms with Crippen molar-refractivity contribution in [3.8, 4) is 0 Å². The fourth-order valence-electron chi connectivity index (χ4n) is 3.76. The van der Waals surface area contributed by atoms with Crippen molar-refractivity contribution in [2.75, 3.05) is 24.2 Å². The molecule has 1 atom stereocenters. The van der Waals surface area contributed by atoms with E-state index >= 15 is 0 Å². The van der Waals surface area contributed by atoms with Crippen LogP contribution in [0.3, 0.4) is 0 Å². The van der Waals surface area contributed by atoms with Crippen LogP contribution in [-0.2, 0) is 6.42 Å². The Hall–Kier alpha value is -1.70. The van der Waals surface area contributed by atoms with Crippen LogP contribution in [-0.4, -0.2) is 39.9 Å². The van der Waals surface area contributed by atoms with E-state index in [1.165, 1.54) is 40.6 Å². The molecule has 2 aliphatic rings. The fraction of sp³-hybridized carbons (Fsp3) is 0.333. The number of amidine groups is 1. The first-order valence-electron chi connectivity index (χ1n) is 9.65. The summed E-state index contributed by atoms with van der Waals surface area (Å²) in [5.74, 6) is 1.20. The Labute approximate surface area is 178 Å². The second-order valence-corrected chi connectivity index (χ2v) is 9.74. The smallest absolute Gasteiger partial charge is 0.183 e. The SMILES string of the molecule is Sc1ccc2nc(NCCc3ccc(N=C4SCC5CCCN45)cc3)sc2c1. The van der Waals surface area contributed by atoms with Gasteiger partial charge in [-0.05, 0) is 55.2 Å². The third kappa shape index (κ3) is 3.88. The van der Waals surface area contributed by atoms with E-state index in [0.29, 0.717) is 0 Å². The van der Waals surface area contributed by atoms with Crippen LogP contribution >= 0.6 is 35.7 Å². The quantitative estimate of drug-likeness (QED) is 0.533. The molecular weight excluding hydrogens is 404 g/mol. The lowest BCUT2D eigenvalue weighted by Crippen LogP contribution is -2.27. The predicted molar refractivity (Wildman–Crippen MR) is 125 cm³/mol. The van der Waals surface area contributed by atoms with Gasteiger partial charge < -0.3 is 10.2 Å². The number of anilines is 1. The third-order valence-corrected chi connectivity index (χ3v) is 7.64. The molecular formula is C21H22N4S3. The van der Waals surface area contributed by atoms with E-state index in [4.69, 9.17) is 4.99 Å². The summed E-state index contributed by atoms with van der Waals surface area (Å²) in [4.78, 5) is 13.0. The molecule has 1 N–H and O–H groups in total. The number of hydrogen-bond acceptors (Lipinski definition) is 6. The van der Waals surface area contributed by atoms with Crippen LogP contribution in [0.1, 0.15) is 18.4 Å². The number of hydrogen-bond donors (Lipinski definition) is 2. The van der Waals surface area contributed by atoms with Crippen LogP contribution in [0.5, 0.6) is 0 Å². The minimum Gasteiger partial charge on any atom is -0.361 e. The number of benzene rings is 2. The Morgan fingerprint density at radius 2 is 2.11 bits per heavy atom. The highest BCUT2D eigenvalue weighted by molar-refractivity contribution is 8.14. The summed E-state index contributed by atoms with van der Waals surface area (Å²) in [6.45, 7) is 2.04. The van der Waals surface area contributed by atoms with Crippen molar-refractivity contribution >= 4 is 61.9 Å². The summed E-state index contributed by atoms with van der Waals surface area (Å²) in [5.41, 5.74) is 3.40. The maximum Gasteiger partial charge on any atom is 0.183 e. The van der Waals surface area contributed by atoms with Gasteiger partial charge in [0.1, 0.15) is 0 Å². The van der Waals surface area contributed by atoms with Gasteiger partial charge in [0.15, 0.2) is 10.3 Å². The highest BCUT2D eigenvalue weighted by Gasteiger charge is 2.33. The molecule has 0 aliphatic carbocycles. The molecule has 0 bridgehead atoms. The molecule has 144 valence electrons. The van der Waals surface area contributed by atoms with Crippen molar-refractivity contribution in [3.63, 3.8) is 0 Å². The van der Waals surface area contributed by atoms with Crippen molar-refractivity contribution < 1.29 is 0 Å². The number of aliphatic imine (C=N–C) groups is 1. The van der Waals surface area contributed by atoms with Gasteiger partial charge in [0.05, 0.1) is 15.9 Å². The van der Waals surface area contributed by atoms with Crippen molar-refractivity contribution in [1.29, 1.82) is 0 Å². The van der Waals surface area contributed by atoms with Crippen LogP contribution in [0.2, 0.25) is 0 Å². The van der Waals surface area contributed by atoms with Gasteiger partial charge in [-0.15, -0.1) is 12.6 Å². The van der Waals surface area contributed by atoms with Crippen molar-refractivity contribution in [2.24, 2.45) is 4.99 Å². The molecule has 2 aromatic carbocycles. The first kappa shape index (κ1) is 18.3. The normalized spacial score (nSPS) is 20.2. The third-order valence-electron chi connectivity index (χ3n) is 5.25. The number of thiol groups is 1. The van der Waals surface area contributed by atoms with E-state index < -0.39 is 0 Å². The zero-order chi connectivity index (χ0) is 18.9. The molecule has 0 spiro atoms. The topological polar surface area (TPSA) is 40.5 Å². The standard InChI is InChI=1S/C21H22N4S3/c26-17-7-8-18-19(12-17)28-20(24-18)22-10-9-14-3-5-15(6-4-14)23-21-25-11-1-2-16(25)13-27-21/h3-8,12,16,26H,1-2,9-11,13H2,(H,22,24). The van der Waals surface area contributed by atoms with E-state index in [1.807, 2.05) is 23.9 Å². The van der Waals surface area contributed by atoms with Crippen LogP contribution < -0.4 is 5.32 Å². The van der Waals surface area contributed by atoms with Gasteiger partial charge in [-0.3, -0.25) is 0 Å². The fourth-order valence-corrected chi connectivity index (χ4v) is 6.25. The second-order valence-electron chi connectivity index (χ2n) is 7.21. The zero-order valence-corrected chi connectivity index (χ0v) is 18.0. The average molecular weight is 427 g/mol. The van der Waals surface area contributed by atoms with E-state index in [1.54, 1.807) is 11.3 Å². The number of nitrogens with one attached hydrogen (secondary N) is 1. The predicted octanol–water partition coefficient (Wildman–Crippen LogP) is 5.44. The van der Waals surface area contributed by atoms with Crippen molar-refractivity contribution in [1.82, 2.24) is 9.88 Å². The Bertz CT molecular complexity index is 1010. The lowest BCUT2D eigenvalue weighted by molar-refractivity contribution is 0.440. The molecule has 28 heavy (non-hydrogen) atoms. The van der Waals surface area contributed by atoms with Crippen LogP contribution in [0.15, 0.2) is 52.4 Å². The van der Waals surface area contributed by atoms with Gasteiger partial charge in [-0.2, -0.15) is 0 Å². The first-order chi connectivity index (χ1) is 13.7. The number of nitrogens with zero attached hydrogens (tertiary/aromatic N) is 3. The van der Waals surface area contributed by atoms with Gasteiger partial charge >= 0.3 is 0 Å². The number of thioether (sulfide) groups is 1. The van der Waals surface area contributed by atoms with Crippen molar-refractivity contribution in [3.05, 3.63) is 48.0 Å². The number of rotatable bonds is 5. The molecule has 5 rings (SSSR count). The molecule has 1 unspecified atom stereocenters. The maximum absolute atomic E-state index is 4.88. The molecule has 2 aliphatic heterocycles. The Morgan fingerprint density at radius 3 is 3.00 bits per heavy atom. The summed E-state index contributed by atoms with van der Waals surface area (Å²) in [7, 11) is 0. The maximum atomic E-state index is 4.88. The highest BCUT2D eigenvalue weighted by atomic mass is 32.2. The largest absolute Gasteiger partial charge is 0.361 e. The number of thiazole rings is 1. The van der Waals surface area contributed by atoms with Gasteiger partial charge in [-0.1, -0.05) is 35.2 Å². The molecule has 1 aromatic heterocycles. The summed E-state index contributed by atoms with van der Waals surface area (Å²) in [6.07, 6.45) is 3.59. The minimum atomic E-state index is 0.718. The first-order valence-corrected chi connectivity index (χ1v) is 11.9. The highest BCUT2D eigenvalue weighted by Crippen LogP contribution is 2.33. The van der Waals surface area contributed by atoms with Crippen LogP contribution in [0.4, 0.5) is 10.8 Å². The Balaban J connectivity index is 1.18. The van der Waals surface area contributed by atoms with Gasteiger partial charge in [0.2, 0.25) is 0 Å². The summed E-state index contributed by atoms with van der Waals surface area (Å²) < 4.78 is 1.17. The van der Waals surface area contributed by atoms with Crippen molar-refractivity contribution in [2.45, 2.75) is 30.2 Å². The molecule has 3 heterocycles. The number of fused-ring (bicyclic) bond motifs is 2. The Kier molecular flexibility index (Phi) is 5.22. The Morgan fingerprint density at radius 1 is 1.21 bits per heavy atom. The van der Waals surface area contributed by atoms with Gasteiger partial charge in [0.25, 0.3) is 0 Å². The van der Waals surface area contributed by atoms with Crippen LogP contribution in [0, 0.1) is 0 Å². The van der Waals surface area contributed by atoms with E-state index in [9.17, 15) is 0 Å². The van der Waals surface area contributed by atoms with E-state index in [-0.39, 0.29) is 0 Å². The molecule has 0 saturated carbocycles. The lowest BCUT2D eigenvalue weighted by Gasteiger charge is -2.16. The second kappa shape index (κ2) is 7.97. The summed E-state index contributed by atoms with van der Waals surface area (Å²) in [5, 5.41) is 5.62. The molecule has 0 radical (unpaired) electrons. The van der Waals surface area contributed by atoms with Gasteiger partial charge in [-0.25, -0.2) is 9.98 Å². The number of aromatic nitrogens is 1. The monoisotopic (exact) mass is 426 g/mol. The van der Waals surface area contributed by atoms with E-state index in [2.05, 4.69) is 58.2 Å². The summed E-state index contributed by atoms with van der Waals surface area (Å²) in [6, 6.07) is 15.4. The zero-order valence-electron chi connectivity index (χ0n) is 15.5.